The quantitative estimate of drug-likeness (QED) is 0.687. The number of nitrogens with zero attached hydrogens (tertiary/aromatic N) is 5. The summed E-state index contributed by atoms with van der Waals surface area (Å²) in [6.07, 6.45) is 5.16. The molecule has 1 aliphatic heterocycles. The Morgan fingerprint density at radius 3 is 2.90 bits per heavy atom. The zero-order chi connectivity index (χ0) is 21.7. The molecule has 2 amide bonds. The van der Waals surface area contributed by atoms with Crippen molar-refractivity contribution >= 4 is 11.8 Å². The smallest absolute Gasteiger partial charge is 0.257 e. The van der Waals surface area contributed by atoms with Gasteiger partial charge in [-0.1, -0.05) is 19.0 Å². The van der Waals surface area contributed by atoms with Crippen molar-refractivity contribution in [3.8, 4) is 0 Å². The van der Waals surface area contributed by atoms with Gasteiger partial charge < -0.3 is 14.3 Å². The van der Waals surface area contributed by atoms with Crippen molar-refractivity contribution in [3.63, 3.8) is 0 Å². The molecule has 3 heterocycles. The lowest BCUT2D eigenvalue weighted by molar-refractivity contribution is -0.132. The first kappa shape index (κ1) is 21.9. The zero-order valence-electron chi connectivity index (χ0n) is 17.7. The second-order valence-electron chi connectivity index (χ2n) is 8.07. The van der Waals surface area contributed by atoms with Crippen LogP contribution in [0.1, 0.15) is 55.7 Å². The minimum absolute atomic E-state index is 0.00417. The van der Waals surface area contributed by atoms with E-state index in [4.69, 9.17) is 4.52 Å². The monoisotopic (exact) mass is 417 g/mol. The van der Waals surface area contributed by atoms with Crippen molar-refractivity contribution in [2.75, 3.05) is 19.6 Å². The van der Waals surface area contributed by atoms with Gasteiger partial charge in [-0.3, -0.25) is 14.6 Å². The molecular formula is C21H28FN5O3. The first-order valence-electron chi connectivity index (χ1n) is 10.3. The SMILES string of the molecule is CC(=O)N(CCc1noc(CC(C)C)n1)C1CCCN(C(=O)c2ccncc2F)C1. The third-order valence-corrected chi connectivity index (χ3v) is 5.20. The number of pyridine rings is 1. The summed E-state index contributed by atoms with van der Waals surface area (Å²) in [7, 11) is 0. The molecule has 1 atom stereocenters. The molecule has 0 aliphatic carbocycles. The van der Waals surface area contributed by atoms with Gasteiger partial charge in [0, 0.05) is 51.6 Å². The van der Waals surface area contributed by atoms with E-state index in [0.29, 0.717) is 50.1 Å². The Morgan fingerprint density at radius 2 is 2.20 bits per heavy atom. The molecule has 1 fully saturated rings. The predicted molar refractivity (Wildman–Crippen MR) is 107 cm³/mol. The molecule has 3 rings (SSSR count). The Hall–Kier alpha value is -2.84. The van der Waals surface area contributed by atoms with E-state index in [2.05, 4.69) is 29.0 Å². The number of carbonyl (C=O) groups excluding carboxylic acids is 2. The number of hydrogen-bond acceptors (Lipinski definition) is 6. The minimum atomic E-state index is -0.637. The number of halogens is 1. The van der Waals surface area contributed by atoms with Gasteiger partial charge in [0.15, 0.2) is 11.6 Å². The van der Waals surface area contributed by atoms with E-state index in [-0.39, 0.29) is 23.4 Å². The summed E-state index contributed by atoms with van der Waals surface area (Å²) in [5, 5.41) is 4.00. The fraction of sp³-hybridized carbons (Fsp3) is 0.571. The minimum Gasteiger partial charge on any atom is -0.339 e. The molecule has 0 spiro atoms. The molecule has 0 saturated carbocycles. The van der Waals surface area contributed by atoms with Gasteiger partial charge in [0.2, 0.25) is 11.8 Å². The summed E-state index contributed by atoms with van der Waals surface area (Å²) < 4.78 is 19.2. The number of aromatic nitrogens is 3. The summed E-state index contributed by atoms with van der Waals surface area (Å²) in [4.78, 5) is 36.5. The maximum Gasteiger partial charge on any atom is 0.257 e. The highest BCUT2D eigenvalue weighted by molar-refractivity contribution is 5.94. The highest BCUT2D eigenvalue weighted by Gasteiger charge is 2.30. The number of likely N-dealkylation sites (tertiary alicyclic amines) is 1. The Labute approximate surface area is 175 Å². The number of amides is 2. The Kier molecular flexibility index (Phi) is 7.12. The van der Waals surface area contributed by atoms with Crippen LogP contribution in [-0.2, 0) is 17.6 Å². The van der Waals surface area contributed by atoms with E-state index in [1.165, 1.54) is 19.2 Å². The lowest BCUT2D eigenvalue weighted by Crippen LogP contribution is -2.51. The van der Waals surface area contributed by atoms with Crippen LogP contribution in [0.4, 0.5) is 4.39 Å². The number of hydrogen-bond donors (Lipinski definition) is 0. The first-order valence-corrected chi connectivity index (χ1v) is 10.3. The van der Waals surface area contributed by atoms with Crippen LogP contribution in [0.3, 0.4) is 0 Å². The fourth-order valence-corrected chi connectivity index (χ4v) is 3.75. The van der Waals surface area contributed by atoms with Crippen LogP contribution in [0.2, 0.25) is 0 Å². The van der Waals surface area contributed by atoms with Crippen LogP contribution in [0.5, 0.6) is 0 Å². The third-order valence-electron chi connectivity index (χ3n) is 5.20. The van der Waals surface area contributed by atoms with Gasteiger partial charge in [0.25, 0.3) is 5.91 Å². The topological polar surface area (TPSA) is 92.4 Å². The molecule has 1 saturated heterocycles. The Balaban J connectivity index is 1.64. The Morgan fingerprint density at radius 1 is 1.40 bits per heavy atom. The van der Waals surface area contributed by atoms with Crippen molar-refractivity contribution in [2.45, 2.75) is 52.5 Å². The molecule has 8 nitrogen and oxygen atoms in total. The number of rotatable bonds is 7. The molecule has 162 valence electrons. The average Bonchev–Trinajstić information content (AvgIpc) is 3.14. The van der Waals surface area contributed by atoms with Crippen molar-refractivity contribution in [1.29, 1.82) is 0 Å². The molecular weight excluding hydrogens is 389 g/mol. The largest absolute Gasteiger partial charge is 0.339 e. The van der Waals surface area contributed by atoms with Crippen molar-refractivity contribution in [1.82, 2.24) is 24.9 Å². The van der Waals surface area contributed by atoms with Crippen LogP contribution in [0.25, 0.3) is 0 Å². The van der Waals surface area contributed by atoms with Gasteiger partial charge in [-0.25, -0.2) is 4.39 Å². The molecule has 0 aromatic carbocycles. The maximum atomic E-state index is 14.0. The molecule has 0 radical (unpaired) electrons. The van der Waals surface area contributed by atoms with Gasteiger partial charge in [-0.2, -0.15) is 4.98 Å². The first-order chi connectivity index (χ1) is 14.3. The second-order valence-corrected chi connectivity index (χ2v) is 8.07. The van der Waals surface area contributed by atoms with Crippen molar-refractivity contribution < 1.29 is 18.5 Å². The standard InChI is InChI=1S/C21H28FN5O3/c1-14(2)11-20-24-19(25-30-20)7-10-27(15(3)28)16-5-4-9-26(13-16)21(29)17-6-8-23-12-18(17)22/h6,8,12,14,16H,4-5,7,9-11,13H2,1-3H3. The van der Waals surface area contributed by atoms with E-state index in [1.54, 1.807) is 9.80 Å². The second kappa shape index (κ2) is 9.77. The van der Waals surface area contributed by atoms with Crippen LogP contribution in [-0.4, -0.2) is 62.4 Å². The van der Waals surface area contributed by atoms with Crippen LogP contribution in [0, 0.1) is 11.7 Å². The van der Waals surface area contributed by atoms with Crippen molar-refractivity contribution in [3.05, 3.63) is 41.6 Å². The molecule has 30 heavy (non-hydrogen) atoms. The molecule has 1 aliphatic rings. The number of piperidine rings is 1. The molecule has 9 heteroatoms. The van der Waals surface area contributed by atoms with E-state index in [0.717, 1.165) is 19.0 Å². The summed E-state index contributed by atoms with van der Waals surface area (Å²) in [5.74, 6) is 0.503. The van der Waals surface area contributed by atoms with E-state index >= 15 is 0 Å². The predicted octanol–water partition coefficient (Wildman–Crippen LogP) is 2.50. The van der Waals surface area contributed by atoms with Gasteiger partial charge in [0.1, 0.15) is 0 Å². The Bertz CT molecular complexity index is 885. The van der Waals surface area contributed by atoms with E-state index in [9.17, 15) is 14.0 Å². The summed E-state index contributed by atoms with van der Waals surface area (Å²) in [6.45, 7) is 7.01. The molecule has 2 aromatic heterocycles. The van der Waals surface area contributed by atoms with E-state index < -0.39 is 5.82 Å². The highest BCUT2D eigenvalue weighted by Crippen LogP contribution is 2.20. The van der Waals surface area contributed by atoms with Crippen LogP contribution < -0.4 is 0 Å². The van der Waals surface area contributed by atoms with Gasteiger partial charge in [0.05, 0.1) is 11.8 Å². The molecule has 0 N–H and O–H groups in total. The molecule has 0 bridgehead atoms. The summed E-state index contributed by atoms with van der Waals surface area (Å²) in [6, 6.07) is 1.25. The number of carbonyl (C=O) groups is 2. The highest BCUT2D eigenvalue weighted by atomic mass is 19.1. The van der Waals surface area contributed by atoms with Crippen LogP contribution in [0.15, 0.2) is 23.0 Å². The van der Waals surface area contributed by atoms with Gasteiger partial charge in [-0.05, 0) is 24.8 Å². The molecule has 2 aromatic rings. The van der Waals surface area contributed by atoms with Crippen LogP contribution >= 0.6 is 0 Å². The maximum absolute atomic E-state index is 14.0. The fourth-order valence-electron chi connectivity index (χ4n) is 3.75. The molecule has 1 unspecified atom stereocenters. The van der Waals surface area contributed by atoms with Crippen molar-refractivity contribution in [2.24, 2.45) is 5.92 Å². The lowest BCUT2D eigenvalue weighted by Gasteiger charge is -2.39. The van der Waals surface area contributed by atoms with Gasteiger partial charge >= 0.3 is 0 Å². The normalized spacial score (nSPS) is 16.7. The zero-order valence-corrected chi connectivity index (χ0v) is 17.7. The summed E-state index contributed by atoms with van der Waals surface area (Å²) >= 11 is 0. The summed E-state index contributed by atoms with van der Waals surface area (Å²) in [5.41, 5.74) is 0.00417. The van der Waals surface area contributed by atoms with Gasteiger partial charge in [-0.15, -0.1) is 0 Å². The average molecular weight is 417 g/mol. The lowest BCUT2D eigenvalue weighted by atomic mass is 10.0. The third kappa shape index (κ3) is 5.40. The van der Waals surface area contributed by atoms with E-state index in [1.807, 2.05) is 0 Å².